The van der Waals surface area contributed by atoms with Crippen LogP contribution in [-0.2, 0) is 6.54 Å². The van der Waals surface area contributed by atoms with Crippen molar-refractivity contribution >= 4 is 24.0 Å². The lowest BCUT2D eigenvalue weighted by molar-refractivity contribution is 0.319. The quantitative estimate of drug-likeness (QED) is 0.842. The minimum atomic E-state index is 0. The number of nitrogens with zero attached hydrogens (tertiary/aromatic N) is 1. The Morgan fingerprint density at radius 2 is 1.68 bits per heavy atom. The zero-order valence-corrected chi connectivity index (χ0v) is 13.9. The fraction of sp³-hybridized carbons (Fsp3) is 0.333. The van der Waals surface area contributed by atoms with Crippen LogP contribution in [0.25, 0.3) is 0 Å². The predicted octanol–water partition coefficient (Wildman–Crippen LogP) is 4.27. The van der Waals surface area contributed by atoms with Crippen molar-refractivity contribution in [2.45, 2.75) is 12.5 Å². The lowest BCUT2D eigenvalue weighted by Crippen LogP contribution is -2.20. The molecular weight excluding hydrogens is 317 g/mol. The third-order valence-corrected chi connectivity index (χ3v) is 4.70. The summed E-state index contributed by atoms with van der Waals surface area (Å²) in [6, 6.07) is 18.1. The molecule has 0 bridgehead atoms. The maximum atomic E-state index is 10.1. The largest absolute Gasteiger partial charge is 0.508 e. The maximum absolute atomic E-state index is 10.1. The van der Waals surface area contributed by atoms with Crippen molar-refractivity contribution in [3.8, 4) is 5.75 Å². The molecule has 1 aliphatic rings. The highest BCUT2D eigenvalue weighted by Gasteiger charge is 2.34. The Balaban J connectivity index is 0.00000176. The van der Waals surface area contributed by atoms with Crippen LogP contribution in [0.4, 0.5) is 0 Å². The molecule has 3 rings (SSSR count). The highest BCUT2D eigenvalue weighted by Crippen LogP contribution is 2.37. The summed E-state index contributed by atoms with van der Waals surface area (Å²) in [5.41, 5.74) is 2.35. The van der Waals surface area contributed by atoms with Gasteiger partial charge >= 0.3 is 0 Å². The third kappa shape index (κ3) is 3.75. The average Bonchev–Trinajstić information content (AvgIpc) is 2.91. The van der Waals surface area contributed by atoms with Crippen molar-refractivity contribution in [2.24, 2.45) is 5.92 Å². The molecule has 1 aliphatic heterocycles. The van der Waals surface area contributed by atoms with Gasteiger partial charge in [0.15, 0.2) is 0 Å². The average molecular weight is 338 g/mol. The van der Waals surface area contributed by atoms with E-state index in [1.807, 2.05) is 24.3 Å². The van der Waals surface area contributed by atoms with Gasteiger partial charge in [-0.3, -0.25) is 4.90 Å². The summed E-state index contributed by atoms with van der Waals surface area (Å²) in [7, 11) is 0. The standard InChI is InChI=1S/C18H20ClNO.ClH/c19-10-15-12-20(11-14-6-2-1-3-7-14)13-17(15)16-8-4-5-9-18(16)21;/h1-9,15,17,21H,10-13H2;1H. The van der Waals surface area contributed by atoms with Crippen molar-refractivity contribution < 1.29 is 5.11 Å². The van der Waals surface area contributed by atoms with Crippen molar-refractivity contribution in [3.63, 3.8) is 0 Å². The van der Waals surface area contributed by atoms with Gasteiger partial charge in [0.1, 0.15) is 5.75 Å². The fourth-order valence-corrected chi connectivity index (χ4v) is 3.55. The number of halogens is 2. The molecule has 0 amide bonds. The smallest absolute Gasteiger partial charge is 0.119 e. The first-order chi connectivity index (χ1) is 10.3. The molecule has 2 aromatic carbocycles. The second-order valence-electron chi connectivity index (χ2n) is 5.76. The number of phenols is 1. The molecule has 0 aromatic heterocycles. The Kier molecular flexibility index (Phi) is 6.13. The number of phenolic OH excluding ortho intramolecular Hbond substituents is 1. The molecule has 0 aliphatic carbocycles. The second kappa shape index (κ2) is 7.87. The van der Waals surface area contributed by atoms with Crippen LogP contribution >= 0.6 is 24.0 Å². The van der Waals surface area contributed by atoms with E-state index in [1.165, 1.54) is 5.56 Å². The zero-order chi connectivity index (χ0) is 14.7. The van der Waals surface area contributed by atoms with Gasteiger partial charge in [-0.25, -0.2) is 0 Å². The van der Waals surface area contributed by atoms with E-state index in [2.05, 4.69) is 29.2 Å². The number of benzene rings is 2. The molecule has 0 radical (unpaired) electrons. The Morgan fingerprint density at radius 3 is 2.36 bits per heavy atom. The molecule has 2 aromatic rings. The van der Waals surface area contributed by atoms with Gasteiger partial charge in [0.2, 0.25) is 0 Å². The van der Waals surface area contributed by atoms with E-state index in [1.54, 1.807) is 6.07 Å². The molecular formula is C18H21Cl2NO. The topological polar surface area (TPSA) is 23.5 Å². The minimum Gasteiger partial charge on any atom is -0.508 e. The number of likely N-dealkylation sites (tertiary alicyclic amines) is 1. The van der Waals surface area contributed by atoms with E-state index in [0.717, 1.165) is 25.2 Å². The predicted molar refractivity (Wildman–Crippen MR) is 94.0 cm³/mol. The summed E-state index contributed by atoms with van der Waals surface area (Å²) in [4.78, 5) is 2.43. The fourth-order valence-electron chi connectivity index (χ4n) is 3.24. The molecule has 4 heteroatoms. The molecule has 1 heterocycles. The van der Waals surface area contributed by atoms with Crippen molar-refractivity contribution in [1.29, 1.82) is 0 Å². The van der Waals surface area contributed by atoms with Crippen LogP contribution in [0.15, 0.2) is 54.6 Å². The van der Waals surface area contributed by atoms with Crippen LogP contribution in [-0.4, -0.2) is 29.0 Å². The zero-order valence-electron chi connectivity index (χ0n) is 12.4. The lowest BCUT2D eigenvalue weighted by atomic mass is 9.89. The molecule has 1 fully saturated rings. The van der Waals surface area contributed by atoms with Crippen LogP contribution in [0.3, 0.4) is 0 Å². The van der Waals surface area contributed by atoms with E-state index < -0.39 is 0 Å². The van der Waals surface area contributed by atoms with Crippen molar-refractivity contribution in [1.82, 2.24) is 4.90 Å². The molecule has 0 saturated carbocycles. The van der Waals surface area contributed by atoms with Gasteiger partial charge in [0, 0.05) is 31.4 Å². The lowest BCUT2D eigenvalue weighted by Gasteiger charge is -2.17. The third-order valence-electron chi connectivity index (χ3n) is 4.30. The molecule has 0 spiro atoms. The first kappa shape index (κ1) is 17.1. The summed E-state index contributed by atoms with van der Waals surface area (Å²) in [5, 5.41) is 10.1. The summed E-state index contributed by atoms with van der Waals surface area (Å²) >= 11 is 6.16. The van der Waals surface area contributed by atoms with Gasteiger partial charge in [0.05, 0.1) is 0 Å². The Labute approximate surface area is 143 Å². The van der Waals surface area contributed by atoms with Gasteiger partial charge in [-0.05, 0) is 23.1 Å². The van der Waals surface area contributed by atoms with Crippen molar-refractivity contribution in [3.05, 3.63) is 65.7 Å². The van der Waals surface area contributed by atoms with Crippen LogP contribution in [0.2, 0.25) is 0 Å². The number of para-hydroxylation sites is 1. The van der Waals surface area contributed by atoms with E-state index in [-0.39, 0.29) is 12.4 Å². The van der Waals surface area contributed by atoms with E-state index in [4.69, 9.17) is 11.6 Å². The van der Waals surface area contributed by atoms with E-state index in [0.29, 0.717) is 23.5 Å². The highest BCUT2D eigenvalue weighted by atomic mass is 35.5. The molecule has 2 nitrogen and oxygen atoms in total. The van der Waals surface area contributed by atoms with Gasteiger partial charge in [-0.2, -0.15) is 0 Å². The van der Waals surface area contributed by atoms with E-state index >= 15 is 0 Å². The Hall–Kier alpha value is -1.22. The molecule has 2 atom stereocenters. The van der Waals surface area contributed by atoms with Gasteiger partial charge in [-0.1, -0.05) is 48.5 Å². The number of aromatic hydroxyl groups is 1. The number of rotatable bonds is 4. The molecule has 22 heavy (non-hydrogen) atoms. The van der Waals surface area contributed by atoms with Gasteiger partial charge in [0.25, 0.3) is 0 Å². The molecule has 118 valence electrons. The van der Waals surface area contributed by atoms with Crippen LogP contribution < -0.4 is 0 Å². The van der Waals surface area contributed by atoms with Crippen molar-refractivity contribution in [2.75, 3.05) is 19.0 Å². The molecule has 1 saturated heterocycles. The van der Waals surface area contributed by atoms with Gasteiger partial charge in [-0.15, -0.1) is 24.0 Å². The monoisotopic (exact) mass is 337 g/mol. The summed E-state index contributed by atoms with van der Waals surface area (Å²) < 4.78 is 0. The maximum Gasteiger partial charge on any atom is 0.119 e. The Bertz CT molecular complexity index is 591. The van der Waals surface area contributed by atoms with Crippen LogP contribution in [0.1, 0.15) is 17.0 Å². The normalized spacial score (nSPS) is 21.5. The second-order valence-corrected chi connectivity index (χ2v) is 6.07. The van der Waals surface area contributed by atoms with Gasteiger partial charge < -0.3 is 5.11 Å². The summed E-state index contributed by atoms with van der Waals surface area (Å²) in [5.74, 6) is 1.72. The number of hydrogen-bond donors (Lipinski definition) is 1. The highest BCUT2D eigenvalue weighted by molar-refractivity contribution is 6.18. The number of hydrogen-bond acceptors (Lipinski definition) is 2. The molecule has 1 N–H and O–H groups in total. The Morgan fingerprint density at radius 1 is 1.00 bits per heavy atom. The minimum absolute atomic E-state index is 0. The van der Waals surface area contributed by atoms with E-state index in [9.17, 15) is 5.11 Å². The van der Waals surface area contributed by atoms with Crippen LogP contribution in [0.5, 0.6) is 5.75 Å². The van der Waals surface area contributed by atoms with Crippen LogP contribution in [0, 0.1) is 5.92 Å². The first-order valence-electron chi connectivity index (χ1n) is 7.38. The summed E-state index contributed by atoms with van der Waals surface area (Å²) in [6.45, 7) is 2.87. The number of alkyl halides is 1. The SMILES string of the molecule is Cl.Oc1ccccc1C1CN(Cc2ccccc2)CC1CCl. The first-order valence-corrected chi connectivity index (χ1v) is 7.91. The summed E-state index contributed by atoms with van der Waals surface area (Å²) in [6.07, 6.45) is 0. The molecule has 2 unspecified atom stereocenters.